The number of ether oxygens (including phenoxy) is 2. The number of nitrogens with zero attached hydrogens (tertiary/aromatic N) is 3. The number of nitrogens with one attached hydrogen (secondary N) is 1. The van der Waals surface area contributed by atoms with Crippen LogP contribution in [-0.4, -0.2) is 59.2 Å². The van der Waals surface area contributed by atoms with Gasteiger partial charge in [-0.2, -0.15) is 5.10 Å². The first kappa shape index (κ1) is 23.0. The van der Waals surface area contributed by atoms with Crippen molar-refractivity contribution in [3.05, 3.63) is 46.7 Å². The summed E-state index contributed by atoms with van der Waals surface area (Å²) in [5.74, 6) is 1.17. The van der Waals surface area contributed by atoms with Crippen LogP contribution in [0.2, 0.25) is 5.02 Å². The number of hydrogen-bond donors (Lipinski definition) is 2. The molecule has 2 unspecified atom stereocenters. The molecule has 1 fully saturated rings. The maximum atomic E-state index is 9.97. The standard InChI is InChI=1S/C24H31ClN4O3/c1-15(2)21-12-27-29-23(16-5-4-6-31-13-16)10-22(28-24(21)29)17-7-18(25)9-20(8-17)32-14-19(30)11-26-3/h7-10,12,15-16,19,26,30H,4-6,11,13-14H2,1-3H3. The van der Waals surface area contributed by atoms with Crippen molar-refractivity contribution in [3.8, 4) is 17.0 Å². The Labute approximate surface area is 193 Å². The Morgan fingerprint density at radius 1 is 1.31 bits per heavy atom. The highest BCUT2D eigenvalue weighted by molar-refractivity contribution is 6.31. The average molecular weight is 459 g/mol. The second-order valence-corrected chi connectivity index (χ2v) is 9.10. The van der Waals surface area contributed by atoms with E-state index in [-0.39, 0.29) is 12.5 Å². The van der Waals surface area contributed by atoms with E-state index in [2.05, 4.69) is 30.3 Å². The SMILES string of the molecule is CNCC(O)COc1cc(Cl)cc(-c2cc(C3CCCOC3)n3ncc(C(C)C)c3n2)c1. The van der Waals surface area contributed by atoms with Gasteiger partial charge in [-0.05, 0) is 50.1 Å². The monoisotopic (exact) mass is 458 g/mol. The molecule has 0 aliphatic carbocycles. The summed E-state index contributed by atoms with van der Waals surface area (Å²) in [6, 6.07) is 7.66. The number of aliphatic hydroxyl groups excluding tert-OH is 1. The quantitative estimate of drug-likeness (QED) is 0.530. The zero-order valence-electron chi connectivity index (χ0n) is 18.8. The first-order valence-electron chi connectivity index (χ1n) is 11.2. The van der Waals surface area contributed by atoms with Gasteiger partial charge in [-0.25, -0.2) is 9.50 Å². The Bertz CT molecular complexity index is 1060. The van der Waals surface area contributed by atoms with Crippen LogP contribution in [0.15, 0.2) is 30.5 Å². The van der Waals surface area contributed by atoms with Gasteiger partial charge in [-0.3, -0.25) is 0 Å². The van der Waals surface area contributed by atoms with Gasteiger partial charge in [0.25, 0.3) is 0 Å². The lowest BCUT2D eigenvalue weighted by Gasteiger charge is -2.23. The molecule has 0 saturated carbocycles. The molecule has 0 radical (unpaired) electrons. The Morgan fingerprint density at radius 3 is 2.88 bits per heavy atom. The van der Waals surface area contributed by atoms with E-state index < -0.39 is 6.10 Å². The van der Waals surface area contributed by atoms with E-state index in [0.29, 0.717) is 29.8 Å². The minimum Gasteiger partial charge on any atom is -0.491 e. The van der Waals surface area contributed by atoms with Crippen LogP contribution >= 0.6 is 11.6 Å². The normalized spacial score (nSPS) is 17.8. The summed E-state index contributed by atoms with van der Waals surface area (Å²) >= 11 is 6.42. The smallest absolute Gasteiger partial charge is 0.159 e. The molecule has 1 aliphatic rings. The summed E-state index contributed by atoms with van der Waals surface area (Å²) in [7, 11) is 1.79. The molecule has 8 heteroatoms. The lowest BCUT2D eigenvalue weighted by molar-refractivity contribution is 0.0787. The van der Waals surface area contributed by atoms with Crippen LogP contribution in [0.4, 0.5) is 0 Å². The lowest BCUT2D eigenvalue weighted by Crippen LogP contribution is -2.29. The van der Waals surface area contributed by atoms with Crippen LogP contribution in [-0.2, 0) is 4.74 Å². The fraction of sp³-hybridized carbons (Fsp3) is 0.500. The van der Waals surface area contributed by atoms with Crippen LogP contribution in [0.3, 0.4) is 0 Å². The van der Waals surface area contributed by atoms with Gasteiger partial charge < -0.3 is 19.9 Å². The van der Waals surface area contributed by atoms with E-state index >= 15 is 0 Å². The highest BCUT2D eigenvalue weighted by Crippen LogP contribution is 2.33. The predicted molar refractivity (Wildman–Crippen MR) is 126 cm³/mol. The molecule has 172 valence electrons. The van der Waals surface area contributed by atoms with Gasteiger partial charge in [0.2, 0.25) is 0 Å². The molecule has 2 atom stereocenters. The third-order valence-electron chi connectivity index (χ3n) is 5.78. The van der Waals surface area contributed by atoms with E-state index in [1.165, 1.54) is 0 Å². The molecule has 1 aromatic carbocycles. The van der Waals surface area contributed by atoms with Gasteiger partial charge in [-0.1, -0.05) is 25.4 Å². The Morgan fingerprint density at radius 2 is 2.16 bits per heavy atom. The Hall–Kier alpha value is -2.19. The summed E-state index contributed by atoms with van der Waals surface area (Å²) in [5, 5.41) is 18.1. The van der Waals surface area contributed by atoms with Gasteiger partial charge in [0.15, 0.2) is 5.65 Å². The Kier molecular flexibility index (Phi) is 7.30. The molecule has 1 aliphatic heterocycles. The zero-order chi connectivity index (χ0) is 22.7. The van der Waals surface area contributed by atoms with Crippen molar-refractivity contribution in [2.75, 3.05) is 33.4 Å². The van der Waals surface area contributed by atoms with Crippen molar-refractivity contribution in [2.24, 2.45) is 0 Å². The fourth-order valence-corrected chi connectivity index (χ4v) is 4.33. The van der Waals surface area contributed by atoms with Crippen LogP contribution in [0.25, 0.3) is 16.9 Å². The highest BCUT2D eigenvalue weighted by Gasteiger charge is 2.23. The van der Waals surface area contributed by atoms with Crippen molar-refractivity contribution in [2.45, 2.75) is 44.6 Å². The molecule has 2 aromatic heterocycles. The number of aromatic nitrogens is 3. The molecule has 4 rings (SSSR count). The molecule has 0 amide bonds. The van der Waals surface area contributed by atoms with Gasteiger partial charge >= 0.3 is 0 Å². The second-order valence-electron chi connectivity index (χ2n) is 8.67. The van der Waals surface area contributed by atoms with Gasteiger partial charge in [0.1, 0.15) is 18.5 Å². The predicted octanol–water partition coefficient (Wildman–Crippen LogP) is 4.03. The minimum absolute atomic E-state index is 0.178. The molecular formula is C24H31ClN4O3. The van der Waals surface area contributed by atoms with Crippen molar-refractivity contribution in [3.63, 3.8) is 0 Å². The first-order chi connectivity index (χ1) is 15.5. The van der Waals surface area contributed by atoms with Crippen LogP contribution in [0, 0.1) is 0 Å². The molecule has 0 spiro atoms. The molecular weight excluding hydrogens is 428 g/mol. The topological polar surface area (TPSA) is 80.9 Å². The average Bonchev–Trinajstić information content (AvgIpc) is 3.22. The van der Waals surface area contributed by atoms with E-state index in [9.17, 15) is 5.11 Å². The van der Waals surface area contributed by atoms with Gasteiger partial charge in [-0.15, -0.1) is 0 Å². The number of hydrogen-bond acceptors (Lipinski definition) is 6. The van der Waals surface area contributed by atoms with Gasteiger partial charge in [0, 0.05) is 35.2 Å². The Balaban J connectivity index is 1.75. The summed E-state index contributed by atoms with van der Waals surface area (Å²) < 4.78 is 13.5. The zero-order valence-corrected chi connectivity index (χ0v) is 19.6. The summed E-state index contributed by atoms with van der Waals surface area (Å²) in [6.07, 6.45) is 3.41. The van der Waals surface area contributed by atoms with Crippen LogP contribution in [0.5, 0.6) is 5.75 Å². The van der Waals surface area contributed by atoms with Gasteiger partial charge in [0.05, 0.1) is 24.2 Å². The van der Waals surface area contributed by atoms with Crippen LogP contribution < -0.4 is 10.1 Å². The molecule has 2 N–H and O–H groups in total. The lowest BCUT2D eigenvalue weighted by atomic mass is 9.96. The fourth-order valence-electron chi connectivity index (χ4n) is 4.10. The molecule has 1 saturated heterocycles. The molecule has 32 heavy (non-hydrogen) atoms. The molecule has 0 bridgehead atoms. The largest absolute Gasteiger partial charge is 0.491 e. The molecule has 3 heterocycles. The number of aliphatic hydroxyl groups is 1. The summed E-state index contributed by atoms with van der Waals surface area (Å²) in [5.41, 5.74) is 4.77. The highest BCUT2D eigenvalue weighted by atomic mass is 35.5. The second kappa shape index (κ2) is 10.2. The molecule has 7 nitrogen and oxygen atoms in total. The summed E-state index contributed by atoms with van der Waals surface area (Å²) in [6.45, 7) is 6.42. The van der Waals surface area contributed by atoms with Crippen molar-refractivity contribution >= 4 is 17.2 Å². The summed E-state index contributed by atoms with van der Waals surface area (Å²) in [4.78, 5) is 4.98. The first-order valence-corrected chi connectivity index (χ1v) is 11.6. The number of halogens is 1. The minimum atomic E-state index is -0.602. The maximum absolute atomic E-state index is 9.97. The van der Waals surface area contributed by atoms with E-state index in [1.54, 1.807) is 13.1 Å². The van der Waals surface area contributed by atoms with Crippen molar-refractivity contribution in [1.29, 1.82) is 0 Å². The third kappa shape index (κ3) is 5.07. The number of likely N-dealkylation sites (N-methyl/N-ethyl adjacent to an activating group) is 1. The number of rotatable bonds is 8. The number of fused-ring (bicyclic) bond motifs is 1. The third-order valence-corrected chi connectivity index (χ3v) is 5.99. The maximum Gasteiger partial charge on any atom is 0.159 e. The van der Waals surface area contributed by atoms with E-state index in [0.717, 1.165) is 47.6 Å². The molecule has 3 aromatic rings. The van der Waals surface area contributed by atoms with Crippen LogP contribution in [0.1, 0.15) is 49.8 Å². The van der Waals surface area contributed by atoms with Crippen molar-refractivity contribution in [1.82, 2.24) is 19.9 Å². The van der Waals surface area contributed by atoms with E-state index in [4.69, 9.17) is 26.1 Å². The van der Waals surface area contributed by atoms with E-state index in [1.807, 2.05) is 22.8 Å². The number of benzene rings is 1. The van der Waals surface area contributed by atoms with Crippen molar-refractivity contribution < 1.29 is 14.6 Å².